The summed E-state index contributed by atoms with van der Waals surface area (Å²) in [5.74, 6) is 1.48. The van der Waals surface area contributed by atoms with Crippen molar-refractivity contribution in [1.29, 1.82) is 0 Å². The van der Waals surface area contributed by atoms with Crippen LogP contribution in [-0.2, 0) is 4.74 Å². The lowest BCUT2D eigenvalue weighted by molar-refractivity contribution is 0.0214. The van der Waals surface area contributed by atoms with Gasteiger partial charge in [-0.25, -0.2) is 0 Å². The van der Waals surface area contributed by atoms with Crippen LogP contribution < -0.4 is 10.1 Å². The third-order valence-electron chi connectivity index (χ3n) is 3.35. The van der Waals surface area contributed by atoms with Crippen molar-refractivity contribution in [3.8, 4) is 5.75 Å². The SMILES string of the molecule is COC(C)(C)CNC(C)c1ccc(OCC(C)C)cc1. The summed E-state index contributed by atoms with van der Waals surface area (Å²) in [5.41, 5.74) is 1.11. The van der Waals surface area contributed by atoms with E-state index in [4.69, 9.17) is 9.47 Å². The Labute approximate surface area is 123 Å². The fraction of sp³-hybridized carbons (Fsp3) is 0.647. The highest BCUT2D eigenvalue weighted by Gasteiger charge is 2.17. The second-order valence-corrected chi connectivity index (χ2v) is 6.34. The second-order valence-electron chi connectivity index (χ2n) is 6.34. The zero-order valence-corrected chi connectivity index (χ0v) is 13.7. The van der Waals surface area contributed by atoms with Crippen molar-refractivity contribution in [3.63, 3.8) is 0 Å². The van der Waals surface area contributed by atoms with E-state index in [0.29, 0.717) is 12.0 Å². The van der Waals surface area contributed by atoms with E-state index in [9.17, 15) is 0 Å². The van der Waals surface area contributed by atoms with Crippen molar-refractivity contribution < 1.29 is 9.47 Å². The van der Waals surface area contributed by atoms with E-state index >= 15 is 0 Å². The third-order valence-corrected chi connectivity index (χ3v) is 3.35. The Morgan fingerprint density at radius 1 is 1.10 bits per heavy atom. The highest BCUT2D eigenvalue weighted by molar-refractivity contribution is 5.29. The predicted octanol–water partition coefficient (Wildman–Crippen LogP) is 3.80. The van der Waals surface area contributed by atoms with Gasteiger partial charge in [0.15, 0.2) is 0 Å². The Bertz CT molecular complexity index is 384. The van der Waals surface area contributed by atoms with Crippen LogP contribution >= 0.6 is 0 Å². The van der Waals surface area contributed by atoms with E-state index in [1.165, 1.54) is 5.56 Å². The van der Waals surface area contributed by atoms with Gasteiger partial charge in [-0.3, -0.25) is 0 Å². The van der Waals surface area contributed by atoms with Crippen molar-refractivity contribution in [2.75, 3.05) is 20.3 Å². The van der Waals surface area contributed by atoms with Gasteiger partial charge in [0.25, 0.3) is 0 Å². The first-order chi connectivity index (χ1) is 9.34. The first-order valence-electron chi connectivity index (χ1n) is 7.35. The molecule has 3 nitrogen and oxygen atoms in total. The fourth-order valence-electron chi connectivity index (χ4n) is 1.70. The molecule has 0 amide bonds. The zero-order chi connectivity index (χ0) is 15.2. The lowest BCUT2D eigenvalue weighted by Crippen LogP contribution is -2.37. The highest BCUT2D eigenvalue weighted by atomic mass is 16.5. The van der Waals surface area contributed by atoms with Crippen LogP contribution in [0.2, 0.25) is 0 Å². The lowest BCUT2D eigenvalue weighted by Gasteiger charge is -2.26. The van der Waals surface area contributed by atoms with Crippen LogP contribution in [0.1, 0.15) is 46.2 Å². The molecule has 0 saturated carbocycles. The zero-order valence-electron chi connectivity index (χ0n) is 13.7. The van der Waals surface area contributed by atoms with Crippen LogP contribution in [0.15, 0.2) is 24.3 Å². The van der Waals surface area contributed by atoms with E-state index < -0.39 is 0 Å². The van der Waals surface area contributed by atoms with Gasteiger partial charge in [0, 0.05) is 19.7 Å². The molecule has 1 rings (SSSR count). The molecule has 1 aromatic carbocycles. The maximum Gasteiger partial charge on any atom is 0.119 e. The van der Waals surface area contributed by atoms with Gasteiger partial charge in [-0.2, -0.15) is 0 Å². The van der Waals surface area contributed by atoms with E-state index in [1.807, 2.05) is 12.1 Å². The Morgan fingerprint density at radius 3 is 2.20 bits per heavy atom. The Morgan fingerprint density at radius 2 is 1.70 bits per heavy atom. The van der Waals surface area contributed by atoms with Gasteiger partial charge in [-0.05, 0) is 44.4 Å². The van der Waals surface area contributed by atoms with Crippen LogP contribution in [0, 0.1) is 5.92 Å². The number of nitrogens with one attached hydrogen (secondary N) is 1. The van der Waals surface area contributed by atoms with Crippen molar-refractivity contribution in [1.82, 2.24) is 5.32 Å². The van der Waals surface area contributed by atoms with Gasteiger partial charge >= 0.3 is 0 Å². The summed E-state index contributed by atoms with van der Waals surface area (Å²) >= 11 is 0. The van der Waals surface area contributed by atoms with Gasteiger partial charge < -0.3 is 14.8 Å². The minimum atomic E-state index is -0.144. The average molecular weight is 279 g/mol. The van der Waals surface area contributed by atoms with Crippen LogP contribution in [0.5, 0.6) is 5.75 Å². The molecule has 1 atom stereocenters. The largest absolute Gasteiger partial charge is 0.493 e. The molecule has 3 heteroatoms. The molecule has 0 bridgehead atoms. The standard InChI is InChI=1S/C17H29NO2/c1-13(2)11-20-16-9-7-15(8-10-16)14(3)18-12-17(4,5)19-6/h7-10,13-14,18H,11-12H2,1-6H3. The smallest absolute Gasteiger partial charge is 0.119 e. The molecule has 0 radical (unpaired) electrons. The number of ether oxygens (including phenoxy) is 2. The number of hydrogen-bond donors (Lipinski definition) is 1. The van der Waals surface area contributed by atoms with E-state index in [0.717, 1.165) is 18.9 Å². The summed E-state index contributed by atoms with van der Waals surface area (Å²) in [5, 5.41) is 3.49. The van der Waals surface area contributed by atoms with Gasteiger partial charge in [0.2, 0.25) is 0 Å². The fourth-order valence-corrected chi connectivity index (χ4v) is 1.70. The third kappa shape index (κ3) is 5.93. The molecular formula is C17H29NO2. The van der Waals surface area contributed by atoms with Gasteiger partial charge in [0.05, 0.1) is 12.2 Å². The van der Waals surface area contributed by atoms with Gasteiger partial charge in [-0.15, -0.1) is 0 Å². The highest BCUT2D eigenvalue weighted by Crippen LogP contribution is 2.19. The Hall–Kier alpha value is -1.06. The summed E-state index contributed by atoms with van der Waals surface area (Å²) in [6, 6.07) is 8.61. The Kier molecular flexibility index (Phi) is 6.50. The van der Waals surface area contributed by atoms with Crippen molar-refractivity contribution in [2.24, 2.45) is 5.92 Å². The minimum absolute atomic E-state index is 0.144. The molecule has 0 aromatic heterocycles. The van der Waals surface area contributed by atoms with Gasteiger partial charge in [-0.1, -0.05) is 26.0 Å². The van der Waals surface area contributed by atoms with Crippen LogP contribution in [0.4, 0.5) is 0 Å². The van der Waals surface area contributed by atoms with E-state index in [-0.39, 0.29) is 5.60 Å². The maximum absolute atomic E-state index is 5.69. The molecule has 1 aromatic rings. The van der Waals surface area contributed by atoms with Crippen LogP contribution in [0.25, 0.3) is 0 Å². The first-order valence-corrected chi connectivity index (χ1v) is 7.35. The maximum atomic E-state index is 5.69. The average Bonchev–Trinajstić information content (AvgIpc) is 2.43. The van der Waals surface area contributed by atoms with Crippen LogP contribution in [0.3, 0.4) is 0 Å². The summed E-state index contributed by atoms with van der Waals surface area (Å²) in [6.45, 7) is 12.2. The summed E-state index contributed by atoms with van der Waals surface area (Å²) in [4.78, 5) is 0. The quantitative estimate of drug-likeness (QED) is 0.785. The molecule has 1 unspecified atom stereocenters. The van der Waals surface area contributed by atoms with Crippen LogP contribution in [-0.4, -0.2) is 25.9 Å². The molecule has 20 heavy (non-hydrogen) atoms. The van der Waals surface area contributed by atoms with Crippen molar-refractivity contribution >= 4 is 0 Å². The molecule has 0 spiro atoms. The molecule has 0 fully saturated rings. The van der Waals surface area contributed by atoms with E-state index in [1.54, 1.807) is 7.11 Å². The predicted molar refractivity (Wildman–Crippen MR) is 84.3 cm³/mol. The van der Waals surface area contributed by atoms with E-state index in [2.05, 4.69) is 52.1 Å². The molecule has 1 N–H and O–H groups in total. The molecule has 0 aliphatic heterocycles. The summed E-state index contributed by atoms with van der Waals surface area (Å²) in [6.07, 6.45) is 0. The number of rotatable bonds is 8. The monoisotopic (exact) mass is 279 g/mol. The molecule has 0 heterocycles. The molecular weight excluding hydrogens is 250 g/mol. The molecule has 0 saturated heterocycles. The molecule has 0 aliphatic rings. The Balaban J connectivity index is 2.51. The lowest BCUT2D eigenvalue weighted by atomic mass is 10.1. The number of methoxy groups -OCH3 is 1. The minimum Gasteiger partial charge on any atom is -0.493 e. The summed E-state index contributed by atoms with van der Waals surface area (Å²) < 4.78 is 11.1. The normalized spacial score (nSPS) is 13.6. The summed E-state index contributed by atoms with van der Waals surface area (Å²) in [7, 11) is 1.74. The molecule has 0 aliphatic carbocycles. The first kappa shape index (κ1) is 17.0. The number of benzene rings is 1. The van der Waals surface area contributed by atoms with Gasteiger partial charge in [0.1, 0.15) is 5.75 Å². The topological polar surface area (TPSA) is 30.5 Å². The van der Waals surface area contributed by atoms with Crippen molar-refractivity contribution in [3.05, 3.63) is 29.8 Å². The molecule has 114 valence electrons. The number of hydrogen-bond acceptors (Lipinski definition) is 3. The second kappa shape index (κ2) is 7.65. The van der Waals surface area contributed by atoms with Crippen molar-refractivity contribution in [2.45, 2.75) is 46.3 Å².